The highest BCUT2D eigenvalue weighted by molar-refractivity contribution is 5.69. The van der Waals surface area contributed by atoms with Gasteiger partial charge in [-0.05, 0) is 42.9 Å². The number of nitrogens with one attached hydrogen (secondary N) is 1. The Kier molecular flexibility index (Phi) is 3.22. The molecule has 5 N–H and O–H groups in total. The minimum absolute atomic E-state index is 0.653. The molecule has 2 atom stereocenters. The van der Waals surface area contributed by atoms with Crippen LogP contribution in [0.2, 0.25) is 0 Å². The lowest BCUT2D eigenvalue weighted by Gasteiger charge is -2.13. The van der Waals surface area contributed by atoms with Gasteiger partial charge in [-0.2, -0.15) is 0 Å². The first-order valence-electron chi connectivity index (χ1n) is 6.04. The fourth-order valence-corrected chi connectivity index (χ4v) is 2.46. The van der Waals surface area contributed by atoms with Crippen molar-refractivity contribution in [3.63, 3.8) is 0 Å². The number of hydrogen-bond donors (Lipinski definition) is 3. The molecular formula is C13H21N3. The molecule has 0 spiro atoms. The Bertz CT molecular complexity index is 362. The zero-order valence-corrected chi connectivity index (χ0v) is 9.87. The van der Waals surface area contributed by atoms with Gasteiger partial charge in [0, 0.05) is 12.2 Å². The first-order valence-corrected chi connectivity index (χ1v) is 6.04. The summed E-state index contributed by atoms with van der Waals surface area (Å²) >= 11 is 0. The molecule has 2 rings (SSSR count). The van der Waals surface area contributed by atoms with E-state index in [2.05, 4.69) is 12.2 Å². The highest BCUT2D eigenvalue weighted by atomic mass is 14.9. The molecule has 0 bridgehead atoms. The number of nitrogen functional groups attached to an aromatic ring is 2. The number of rotatable bonds is 3. The van der Waals surface area contributed by atoms with Gasteiger partial charge < -0.3 is 16.8 Å². The van der Waals surface area contributed by atoms with Crippen molar-refractivity contribution < 1.29 is 0 Å². The second kappa shape index (κ2) is 4.64. The van der Waals surface area contributed by atoms with Crippen molar-refractivity contribution in [3.05, 3.63) is 18.2 Å². The van der Waals surface area contributed by atoms with Gasteiger partial charge in [-0.15, -0.1) is 0 Å². The molecule has 3 heteroatoms. The highest BCUT2D eigenvalue weighted by Gasteiger charge is 2.20. The van der Waals surface area contributed by atoms with Crippen molar-refractivity contribution in [1.82, 2.24) is 0 Å². The van der Waals surface area contributed by atoms with Crippen LogP contribution in [0.4, 0.5) is 17.1 Å². The Morgan fingerprint density at radius 1 is 1.25 bits per heavy atom. The molecule has 16 heavy (non-hydrogen) atoms. The third kappa shape index (κ3) is 2.60. The van der Waals surface area contributed by atoms with E-state index in [9.17, 15) is 0 Å². The van der Waals surface area contributed by atoms with Crippen molar-refractivity contribution >= 4 is 17.1 Å². The van der Waals surface area contributed by atoms with Crippen LogP contribution in [0.25, 0.3) is 0 Å². The van der Waals surface area contributed by atoms with Crippen LogP contribution in [-0.4, -0.2) is 6.54 Å². The molecule has 1 saturated carbocycles. The Morgan fingerprint density at radius 3 is 2.69 bits per heavy atom. The maximum absolute atomic E-state index is 5.76. The lowest BCUT2D eigenvalue weighted by atomic mass is 10.1. The SMILES string of the molecule is CC1CCC(CNc2ccc(N)c(N)c2)C1. The molecule has 0 radical (unpaired) electrons. The van der Waals surface area contributed by atoms with Crippen molar-refractivity contribution in [1.29, 1.82) is 0 Å². The molecule has 1 aliphatic carbocycles. The van der Waals surface area contributed by atoms with Gasteiger partial charge in [0.1, 0.15) is 0 Å². The van der Waals surface area contributed by atoms with Gasteiger partial charge in [0.15, 0.2) is 0 Å². The fourth-order valence-electron chi connectivity index (χ4n) is 2.46. The molecule has 1 aromatic rings. The summed E-state index contributed by atoms with van der Waals surface area (Å²) in [6, 6.07) is 5.76. The van der Waals surface area contributed by atoms with E-state index in [1.165, 1.54) is 19.3 Å². The third-order valence-corrected chi connectivity index (χ3v) is 3.49. The zero-order valence-electron chi connectivity index (χ0n) is 9.87. The third-order valence-electron chi connectivity index (χ3n) is 3.49. The molecule has 0 aliphatic heterocycles. The summed E-state index contributed by atoms with van der Waals surface area (Å²) in [4.78, 5) is 0. The lowest BCUT2D eigenvalue weighted by Crippen LogP contribution is -2.11. The van der Waals surface area contributed by atoms with E-state index in [0.717, 1.165) is 24.1 Å². The van der Waals surface area contributed by atoms with E-state index in [-0.39, 0.29) is 0 Å². The van der Waals surface area contributed by atoms with E-state index >= 15 is 0 Å². The van der Waals surface area contributed by atoms with Gasteiger partial charge in [0.2, 0.25) is 0 Å². The van der Waals surface area contributed by atoms with Crippen LogP contribution in [0.1, 0.15) is 26.2 Å². The molecule has 0 heterocycles. The minimum atomic E-state index is 0.653. The van der Waals surface area contributed by atoms with Crippen molar-refractivity contribution in [3.8, 4) is 0 Å². The van der Waals surface area contributed by atoms with Gasteiger partial charge in [-0.1, -0.05) is 13.3 Å². The quantitative estimate of drug-likeness (QED) is 0.685. The molecule has 3 nitrogen and oxygen atoms in total. The van der Waals surface area contributed by atoms with E-state index in [1.807, 2.05) is 18.2 Å². The average Bonchev–Trinajstić information content (AvgIpc) is 2.66. The summed E-state index contributed by atoms with van der Waals surface area (Å²) in [5.41, 5.74) is 13.8. The summed E-state index contributed by atoms with van der Waals surface area (Å²) in [5, 5.41) is 3.44. The lowest BCUT2D eigenvalue weighted by molar-refractivity contribution is 0.537. The molecule has 0 saturated heterocycles. The summed E-state index contributed by atoms with van der Waals surface area (Å²) in [6.45, 7) is 3.38. The van der Waals surface area contributed by atoms with Gasteiger partial charge in [0.25, 0.3) is 0 Å². The Labute approximate surface area is 97.2 Å². The molecule has 0 amide bonds. The molecule has 2 unspecified atom stereocenters. The molecule has 0 aromatic heterocycles. The number of anilines is 3. The van der Waals surface area contributed by atoms with E-state index in [4.69, 9.17) is 11.5 Å². The second-order valence-corrected chi connectivity index (χ2v) is 5.01. The summed E-state index contributed by atoms with van der Waals surface area (Å²) in [5.74, 6) is 1.71. The van der Waals surface area contributed by atoms with Crippen LogP contribution in [-0.2, 0) is 0 Å². The maximum Gasteiger partial charge on any atom is 0.0568 e. The van der Waals surface area contributed by atoms with Gasteiger partial charge in [-0.25, -0.2) is 0 Å². The van der Waals surface area contributed by atoms with Crippen LogP contribution < -0.4 is 16.8 Å². The molecule has 1 fully saturated rings. The van der Waals surface area contributed by atoms with Gasteiger partial charge >= 0.3 is 0 Å². The molecular weight excluding hydrogens is 198 g/mol. The molecule has 1 aromatic carbocycles. The summed E-state index contributed by atoms with van der Waals surface area (Å²) in [7, 11) is 0. The van der Waals surface area contributed by atoms with E-state index in [1.54, 1.807) is 0 Å². The Balaban J connectivity index is 1.87. The minimum Gasteiger partial charge on any atom is -0.397 e. The van der Waals surface area contributed by atoms with Crippen molar-refractivity contribution in [2.24, 2.45) is 11.8 Å². The fraction of sp³-hybridized carbons (Fsp3) is 0.538. The van der Waals surface area contributed by atoms with E-state index < -0.39 is 0 Å². The standard InChI is InChI=1S/C13H21N3/c1-9-2-3-10(6-9)8-16-11-4-5-12(14)13(15)7-11/h4-5,7,9-10,16H,2-3,6,8,14-15H2,1H3. The first-order chi connectivity index (χ1) is 7.65. The maximum atomic E-state index is 5.76. The van der Waals surface area contributed by atoms with Crippen molar-refractivity contribution in [2.45, 2.75) is 26.2 Å². The van der Waals surface area contributed by atoms with Crippen LogP contribution in [0.5, 0.6) is 0 Å². The normalized spacial score (nSPS) is 24.6. The van der Waals surface area contributed by atoms with Crippen molar-refractivity contribution in [2.75, 3.05) is 23.3 Å². The smallest absolute Gasteiger partial charge is 0.0568 e. The number of nitrogens with two attached hydrogens (primary N) is 2. The predicted octanol–water partition coefficient (Wildman–Crippen LogP) is 2.70. The van der Waals surface area contributed by atoms with Crippen LogP contribution >= 0.6 is 0 Å². The predicted molar refractivity (Wildman–Crippen MR) is 70.3 cm³/mol. The van der Waals surface area contributed by atoms with Gasteiger partial charge in [0.05, 0.1) is 11.4 Å². The van der Waals surface area contributed by atoms with E-state index in [0.29, 0.717) is 11.4 Å². The number of hydrogen-bond acceptors (Lipinski definition) is 3. The first kappa shape index (κ1) is 11.1. The van der Waals surface area contributed by atoms with Crippen LogP contribution in [0.3, 0.4) is 0 Å². The van der Waals surface area contributed by atoms with Crippen LogP contribution in [0.15, 0.2) is 18.2 Å². The Morgan fingerprint density at radius 2 is 2.06 bits per heavy atom. The summed E-state index contributed by atoms with van der Waals surface area (Å²) in [6.07, 6.45) is 4.06. The second-order valence-electron chi connectivity index (χ2n) is 5.01. The topological polar surface area (TPSA) is 64.1 Å². The summed E-state index contributed by atoms with van der Waals surface area (Å²) < 4.78 is 0. The monoisotopic (exact) mass is 219 g/mol. The van der Waals surface area contributed by atoms with Crippen LogP contribution in [0, 0.1) is 11.8 Å². The zero-order chi connectivity index (χ0) is 11.5. The van der Waals surface area contributed by atoms with Gasteiger partial charge in [-0.3, -0.25) is 0 Å². The molecule has 1 aliphatic rings. The largest absolute Gasteiger partial charge is 0.397 e. The number of benzene rings is 1. The average molecular weight is 219 g/mol. The Hall–Kier alpha value is -1.38. The molecule has 88 valence electrons. The highest BCUT2D eigenvalue weighted by Crippen LogP contribution is 2.30.